The highest BCUT2D eigenvalue weighted by atomic mass is 79.9. The average molecular weight is 251 g/mol. The van der Waals surface area contributed by atoms with Gasteiger partial charge in [-0.15, -0.1) is 0 Å². The molecule has 0 bridgehead atoms. The Morgan fingerprint density at radius 3 is 3.00 bits per heavy atom. The molecule has 0 fully saturated rings. The van der Waals surface area contributed by atoms with Crippen LogP contribution >= 0.6 is 27.5 Å². The minimum Gasteiger partial charge on any atom is -0.288 e. The van der Waals surface area contributed by atoms with Crippen LogP contribution < -0.4 is 5.48 Å². The molecule has 0 unspecified atom stereocenters. The van der Waals surface area contributed by atoms with Crippen molar-refractivity contribution in [3.63, 3.8) is 0 Å². The van der Waals surface area contributed by atoms with E-state index in [0.717, 1.165) is 0 Å². The highest BCUT2D eigenvalue weighted by Crippen LogP contribution is 2.18. The lowest BCUT2D eigenvalue weighted by molar-refractivity contribution is 0.0705. The number of hydrogen-bond donors (Lipinski definition) is 2. The Balaban J connectivity index is 3.13. The maximum absolute atomic E-state index is 10.9. The van der Waals surface area contributed by atoms with Crippen LogP contribution in [0.4, 0.5) is 0 Å². The molecule has 64 valence electrons. The summed E-state index contributed by atoms with van der Waals surface area (Å²) in [5.74, 6) is -0.633. The van der Waals surface area contributed by atoms with E-state index >= 15 is 0 Å². The molecule has 0 aliphatic carbocycles. The van der Waals surface area contributed by atoms with Gasteiger partial charge >= 0.3 is 0 Å². The number of carbonyl (C=O) groups excluding carboxylic acids is 1. The fraction of sp³-hybridized carbons (Fsp3) is 0. The van der Waals surface area contributed by atoms with Crippen molar-refractivity contribution >= 4 is 33.4 Å². The topological polar surface area (TPSA) is 62.2 Å². The van der Waals surface area contributed by atoms with Gasteiger partial charge in [-0.05, 0) is 22.0 Å². The monoisotopic (exact) mass is 250 g/mol. The molecule has 0 radical (unpaired) electrons. The molecule has 0 atom stereocenters. The minimum absolute atomic E-state index is 0.191. The second-order valence-electron chi connectivity index (χ2n) is 1.93. The van der Waals surface area contributed by atoms with Gasteiger partial charge in [-0.25, -0.2) is 10.5 Å². The molecule has 2 N–H and O–H groups in total. The van der Waals surface area contributed by atoms with Gasteiger partial charge in [0.05, 0.1) is 5.56 Å². The first-order valence-corrected chi connectivity index (χ1v) is 4.07. The Hall–Kier alpha value is -0.650. The number of hydroxylamine groups is 1. The normalized spacial score (nSPS) is 9.58. The standard InChI is InChI=1S/C6H4BrClN2O2/c7-4-2-9-5(8)1-3(4)6(11)10-12/h1-2,12H,(H,10,11). The summed E-state index contributed by atoms with van der Waals surface area (Å²) in [6, 6.07) is 1.34. The number of halogens is 2. The number of rotatable bonds is 1. The number of aromatic nitrogens is 1. The van der Waals surface area contributed by atoms with Crippen LogP contribution in [-0.4, -0.2) is 16.1 Å². The zero-order valence-electron chi connectivity index (χ0n) is 5.71. The van der Waals surface area contributed by atoms with Crippen molar-refractivity contribution in [2.24, 2.45) is 0 Å². The molecule has 1 rings (SSSR count). The Bertz CT molecular complexity index is 318. The molecule has 0 aliphatic rings. The van der Waals surface area contributed by atoms with Crippen molar-refractivity contribution in [1.29, 1.82) is 0 Å². The molecule has 6 heteroatoms. The van der Waals surface area contributed by atoms with Gasteiger partial charge in [-0.3, -0.25) is 10.0 Å². The third kappa shape index (κ3) is 1.94. The summed E-state index contributed by atoms with van der Waals surface area (Å²) in [5, 5.41) is 8.51. The van der Waals surface area contributed by atoms with Crippen molar-refractivity contribution in [1.82, 2.24) is 10.5 Å². The molecule has 0 aromatic carbocycles. The van der Waals surface area contributed by atoms with Crippen LogP contribution in [-0.2, 0) is 0 Å². The van der Waals surface area contributed by atoms with Crippen LogP contribution in [0.1, 0.15) is 10.4 Å². The highest BCUT2D eigenvalue weighted by molar-refractivity contribution is 9.10. The molecule has 0 aliphatic heterocycles. The van der Waals surface area contributed by atoms with E-state index in [2.05, 4.69) is 20.9 Å². The van der Waals surface area contributed by atoms with Crippen LogP contribution in [0, 0.1) is 0 Å². The fourth-order valence-electron chi connectivity index (χ4n) is 0.647. The Kier molecular flexibility index (Phi) is 3.02. The summed E-state index contributed by atoms with van der Waals surface area (Å²) in [6.45, 7) is 0. The van der Waals surface area contributed by atoms with Crippen molar-refractivity contribution in [3.8, 4) is 0 Å². The number of carbonyl (C=O) groups is 1. The lowest BCUT2D eigenvalue weighted by atomic mass is 10.2. The van der Waals surface area contributed by atoms with Crippen LogP contribution in [0.15, 0.2) is 16.7 Å². The fourth-order valence-corrected chi connectivity index (χ4v) is 1.20. The summed E-state index contributed by atoms with van der Waals surface area (Å²) in [7, 11) is 0. The second kappa shape index (κ2) is 3.84. The number of amides is 1. The average Bonchev–Trinajstić information content (AvgIpc) is 2.08. The number of pyridine rings is 1. The van der Waals surface area contributed by atoms with Crippen LogP contribution in [0.5, 0.6) is 0 Å². The number of hydrogen-bond acceptors (Lipinski definition) is 3. The SMILES string of the molecule is O=C(NO)c1cc(Cl)ncc1Br. The van der Waals surface area contributed by atoms with Gasteiger partial charge in [0.2, 0.25) is 0 Å². The van der Waals surface area contributed by atoms with E-state index in [9.17, 15) is 4.79 Å². The predicted molar refractivity (Wildman–Crippen MR) is 46.2 cm³/mol. The van der Waals surface area contributed by atoms with Gasteiger partial charge < -0.3 is 0 Å². The number of nitrogens with one attached hydrogen (secondary N) is 1. The smallest absolute Gasteiger partial charge is 0.275 e. The van der Waals surface area contributed by atoms with E-state index in [0.29, 0.717) is 4.47 Å². The van der Waals surface area contributed by atoms with Gasteiger partial charge in [0.15, 0.2) is 0 Å². The molecule has 4 nitrogen and oxygen atoms in total. The lowest BCUT2D eigenvalue weighted by Crippen LogP contribution is -2.19. The minimum atomic E-state index is -0.633. The third-order valence-electron chi connectivity index (χ3n) is 1.17. The first-order valence-electron chi connectivity index (χ1n) is 2.90. The first kappa shape index (κ1) is 9.44. The second-order valence-corrected chi connectivity index (χ2v) is 3.17. The molecular weight excluding hydrogens is 247 g/mol. The van der Waals surface area contributed by atoms with E-state index in [-0.39, 0.29) is 10.7 Å². The Labute approximate surface area is 81.6 Å². The van der Waals surface area contributed by atoms with E-state index in [4.69, 9.17) is 16.8 Å². The molecule has 1 aromatic rings. The largest absolute Gasteiger partial charge is 0.288 e. The van der Waals surface area contributed by atoms with Crippen molar-refractivity contribution < 1.29 is 10.0 Å². The molecule has 12 heavy (non-hydrogen) atoms. The molecule has 0 saturated carbocycles. The summed E-state index contributed by atoms with van der Waals surface area (Å²) < 4.78 is 0.471. The third-order valence-corrected chi connectivity index (χ3v) is 2.01. The van der Waals surface area contributed by atoms with Gasteiger partial charge in [0, 0.05) is 10.7 Å². The molecule has 0 saturated heterocycles. The molecular formula is C6H4BrClN2O2. The molecule has 0 spiro atoms. The van der Waals surface area contributed by atoms with Gasteiger partial charge in [0.25, 0.3) is 5.91 Å². The van der Waals surface area contributed by atoms with Gasteiger partial charge in [-0.1, -0.05) is 11.6 Å². The summed E-state index contributed by atoms with van der Waals surface area (Å²) in [4.78, 5) is 14.6. The van der Waals surface area contributed by atoms with Gasteiger partial charge in [-0.2, -0.15) is 0 Å². The lowest BCUT2D eigenvalue weighted by Gasteiger charge is -2.00. The summed E-state index contributed by atoms with van der Waals surface area (Å²) in [6.07, 6.45) is 1.38. The maximum atomic E-state index is 10.9. The van der Waals surface area contributed by atoms with Crippen LogP contribution in [0.25, 0.3) is 0 Å². The number of nitrogens with zero attached hydrogens (tertiary/aromatic N) is 1. The molecule has 1 heterocycles. The van der Waals surface area contributed by atoms with E-state index in [1.54, 1.807) is 0 Å². The van der Waals surface area contributed by atoms with E-state index in [1.165, 1.54) is 17.7 Å². The molecule has 1 amide bonds. The Morgan fingerprint density at radius 1 is 1.75 bits per heavy atom. The van der Waals surface area contributed by atoms with Crippen molar-refractivity contribution in [2.45, 2.75) is 0 Å². The van der Waals surface area contributed by atoms with Crippen molar-refractivity contribution in [3.05, 3.63) is 27.5 Å². The van der Waals surface area contributed by atoms with Crippen LogP contribution in [0.2, 0.25) is 5.15 Å². The zero-order chi connectivity index (χ0) is 9.14. The van der Waals surface area contributed by atoms with E-state index in [1.807, 2.05) is 0 Å². The summed E-state index contributed by atoms with van der Waals surface area (Å²) >= 11 is 8.60. The molecule has 1 aromatic heterocycles. The highest BCUT2D eigenvalue weighted by Gasteiger charge is 2.09. The van der Waals surface area contributed by atoms with Crippen molar-refractivity contribution in [2.75, 3.05) is 0 Å². The van der Waals surface area contributed by atoms with Gasteiger partial charge in [0.1, 0.15) is 5.15 Å². The zero-order valence-corrected chi connectivity index (χ0v) is 8.06. The van der Waals surface area contributed by atoms with Crippen LogP contribution in [0.3, 0.4) is 0 Å². The Morgan fingerprint density at radius 2 is 2.42 bits per heavy atom. The summed E-state index contributed by atoms with van der Waals surface area (Å²) in [5.41, 5.74) is 1.73. The quantitative estimate of drug-likeness (QED) is 0.453. The first-order chi connectivity index (χ1) is 5.65. The predicted octanol–water partition coefficient (Wildman–Crippen LogP) is 1.62. The maximum Gasteiger partial charge on any atom is 0.275 e. The van der Waals surface area contributed by atoms with E-state index < -0.39 is 5.91 Å².